The summed E-state index contributed by atoms with van der Waals surface area (Å²) in [6.45, 7) is 4.17. The SMILES string of the molecule is CC(C)[C@@H](NC(=S)Nc1ccc(OC(F)(F)F)cc1)c1cccs1. The second-order valence-corrected chi connectivity index (χ2v) is 6.80. The van der Waals surface area contributed by atoms with E-state index in [-0.39, 0.29) is 11.8 Å². The van der Waals surface area contributed by atoms with Crippen molar-refractivity contribution in [3.8, 4) is 5.75 Å². The molecular formula is C16H17F3N2OS2. The van der Waals surface area contributed by atoms with Crippen LogP contribution >= 0.6 is 23.6 Å². The number of rotatable bonds is 5. The van der Waals surface area contributed by atoms with E-state index in [0.717, 1.165) is 0 Å². The van der Waals surface area contributed by atoms with Crippen molar-refractivity contribution in [1.29, 1.82) is 0 Å². The van der Waals surface area contributed by atoms with Crippen LogP contribution in [-0.4, -0.2) is 11.5 Å². The van der Waals surface area contributed by atoms with E-state index in [1.807, 2.05) is 17.5 Å². The second kappa shape index (κ2) is 7.85. The lowest BCUT2D eigenvalue weighted by atomic mass is 10.0. The maximum atomic E-state index is 12.1. The zero-order valence-electron chi connectivity index (χ0n) is 13.1. The molecule has 0 amide bonds. The van der Waals surface area contributed by atoms with Crippen LogP contribution in [0.2, 0.25) is 0 Å². The molecule has 1 atom stereocenters. The molecule has 2 rings (SSSR count). The number of anilines is 1. The maximum absolute atomic E-state index is 12.1. The maximum Gasteiger partial charge on any atom is 0.573 e. The summed E-state index contributed by atoms with van der Waals surface area (Å²) in [6.07, 6.45) is -4.70. The summed E-state index contributed by atoms with van der Waals surface area (Å²) in [6, 6.07) is 9.50. The number of halogens is 3. The van der Waals surface area contributed by atoms with Gasteiger partial charge in [-0.1, -0.05) is 19.9 Å². The van der Waals surface area contributed by atoms with Crippen LogP contribution < -0.4 is 15.4 Å². The standard InChI is InChI=1S/C16H17F3N2OS2/c1-10(2)14(13-4-3-9-24-13)21-15(23)20-11-5-7-12(8-6-11)22-16(17,18)19/h3-10,14H,1-2H3,(H2,20,21,23)/t14-/m1/s1. The van der Waals surface area contributed by atoms with Crippen LogP contribution in [0, 0.1) is 5.92 Å². The van der Waals surface area contributed by atoms with E-state index in [0.29, 0.717) is 16.7 Å². The minimum absolute atomic E-state index is 0.0674. The van der Waals surface area contributed by atoms with Crippen LogP contribution in [0.5, 0.6) is 5.75 Å². The molecule has 0 spiro atoms. The smallest absolute Gasteiger partial charge is 0.406 e. The van der Waals surface area contributed by atoms with Gasteiger partial charge in [-0.05, 0) is 53.8 Å². The lowest BCUT2D eigenvalue weighted by molar-refractivity contribution is -0.274. The number of nitrogens with one attached hydrogen (secondary N) is 2. The minimum atomic E-state index is -4.70. The summed E-state index contributed by atoms with van der Waals surface area (Å²) in [7, 11) is 0. The van der Waals surface area contributed by atoms with E-state index in [4.69, 9.17) is 12.2 Å². The van der Waals surface area contributed by atoms with E-state index in [2.05, 4.69) is 29.2 Å². The summed E-state index contributed by atoms with van der Waals surface area (Å²) >= 11 is 6.94. The van der Waals surface area contributed by atoms with Gasteiger partial charge in [0.15, 0.2) is 5.11 Å². The molecule has 0 aliphatic carbocycles. The van der Waals surface area contributed by atoms with Crippen LogP contribution in [0.15, 0.2) is 41.8 Å². The Bertz CT molecular complexity index is 655. The fraction of sp³-hybridized carbons (Fsp3) is 0.312. The van der Waals surface area contributed by atoms with Crippen LogP contribution in [0.3, 0.4) is 0 Å². The highest BCUT2D eigenvalue weighted by Crippen LogP contribution is 2.26. The first-order chi connectivity index (χ1) is 11.2. The van der Waals surface area contributed by atoms with E-state index in [1.54, 1.807) is 11.3 Å². The zero-order chi connectivity index (χ0) is 17.7. The molecule has 0 radical (unpaired) electrons. The predicted octanol–water partition coefficient (Wildman–Crippen LogP) is 5.33. The Morgan fingerprint density at radius 3 is 2.33 bits per heavy atom. The quantitative estimate of drug-likeness (QED) is 0.693. The molecule has 1 heterocycles. The molecule has 2 N–H and O–H groups in total. The summed E-state index contributed by atoms with van der Waals surface area (Å²) in [5, 5.41) is 8.62. The molecule has 0 unspecified atom stereocenters. The topological polar surface area (TPSA) is 33.3 Å². The van der Waals surface area contributed by atoms with Gasteiger partial charge < -0.3 is 15.4 Å². The van der Waals surface area contributed by atoms with Crippen LogP contribution in [-0.2, 0) is 0 Å². The average molecular weight is 374 g/mol. The molecular weight excluding hydrogens is 357 g/mol. The molecule has 1 aromatic heterocycles. The third-order valence-corrected chi connectivity index (χ3v) is 4.32. The van der Waals surface area contributed by atoms with Gasteiger partial charge in [-0.15, -0.1) is 24.5 Å². The van der Waals surface area contributed by atoms with E-state index < -0.39 is 6.36 Å². The first-order valence-electron chi connectivity index (χ1n) is 7.21. The highest BCUT2D eigenvalue weighted by atomic mass is 32.1. The normalized spacial score (nSPS) is 12.8. The van der Waals surface area contributed by atoms with Crippen molar-refractivity contribution in [2.24, 2.45) is 5.92 Å². The molecule has 2 aromatic rings. The Morgan fingerprint density at radius 1 is 1.17 bits per heavy atom. The van der Waals surface area contributed by atoms with Crippen LogP contribution in [0.25, 0.3) is 0 Å². The van der Waals surface area contributed by atoms with Crippen molar-refractivity contribution in [3.05, 3.63) is 46.7 Å². The number of benzene rings is 1. The van der Waals surface area contributed by atoms with Crippen molar-refractivity contribution < 1.29 is 17.9 Å². The average Bonchev–Trinajstić information content (AvgIpc) is 2.99. The number of alkyl halides is 3. The molecule has 0 bridgehead atoms. The third-order valence-electron chi connectivity index (χ3n) is 3.15. The highest BCUT2D eigenvalue weighted by Gasteiger charge is 2.30. The van der Waals surface area contributed by atoms with Gasteiger partial charge in [0.05, 0.1) is 6.04 Å². The summed E-state index contributed by atoms with van der Waals surface area (Å²) < 4.78 is 40.2. The number of thiophene rings is 1. The number of ether oxygens (including phenoxy) is 1. The highest BCUT2D eigenvalue weighted by molar-refractivity contribution is 7.80. The van der Waals surface area contributed by atoms with Crippen molar-refractivity contribution in [2.75, 3.05) is 5.32 Å². The first-order valence-corrected chi connectivity index (χ1v) is 8.50. The van der Waals surface area contributed by atoms with E-state index in [9.17, 15) is 13.2 Å². The molecule has 130 valence electrons. The first kappa shape index (κ1) is 18.5. The fourth-order valence-corrected chi connectivity index (χ4v) is 3.28. The van der Waals surface area contributed by atoms with E-state index in [1.165, 1.54) is 29.1 Å². The summed E-state index contributed by atoms with van der Waals surface area (Å²) in [5.41, 5.74) is 0.579. The molecule has 1 aromatic carbocycles. The third kappa shape index (κ3) is 5.68. The fourth-order valence-electron chi connectivity index (χ4n) is 2.08. The molecule has 0 aliphatic heterocycles. The lowest BCUT2D eigenvalue weighted by Crippen LogP contribution is -2.34. The summed E-state index contributed by atoms with van der Waals surface area (Å²) in [4.78, 5) is 1.17. The van der Waals surface area contributed by atoms with Crippen molar-refractivity contribution >= 4 is 34.4 Å². The van der Waals surface area contributed by atoms with Gasteiger partial charge in [0.2, 0.25) is 0 Å². The van der Waals surface area contributed by atoms with Gasteiger partial charge in [0.25, 0.3) is 0 Å². The van der Waals surface area contributed by atoms with Gasteiger partial charge >= 0.3 is 6.36 Å². The molecule has 3 nitrogen and oxygen atoms in total. The lowest BCUT2D eigenvalue weighted by Gasteiger charge is -2.23. The Balaban J connectivity index is 1.96. The Labute approximate surface area is 147 Å². The molecule has 24 heavy (non-hydrogen) atoms. The predicted molar refractivity (Wildman–Crippen MR) is 94.4 cm³/mol. The Hall–Kier alpha value is -1.80. The Kier molecular flexibility index (Phi) is 6.06. The summed E-state index contributed by atoms with van der Waals surface area (Å²) in [5.74, 6) is 0.0523. The van der Waals surface area contributed by atoms with Gasteiger partial charge in [0.1, 0.15) is 5.75 Å². The van der Waals surface area contributed by atoms with Gasteiger partial charge in [-0.25, -0.2) is 0 Å². The Morgan fingerprint density at radius 2 is 1.83 bits per heavy atom. The molecule has 0 saturated carbocycles. The van der Waals surface area contributed by atoms with Crippen molar-refractivity contribution in [2.45, 2.75) is 26.3 Å². The van der Waals surface area contributed by atoms with Crippen molar-refractivity contribution in [3.63, 3.8) is 0 Å². The van der Waals surface area contributed by atoms with Crippen LogP contribution in [0.4, 0.5) is 18.9 Å². The van der Waals surface area contributed by atoms with Gasteiger partial charge in [-0.2, -0.15) is 0 Å². The molecule has 0 saturated heterocycles. The second-order valence-electron chi connectivity index (χ2n) is 5.41. The van der Waals surface area contributed by atoms with Crippen LogP contribution in [0.1, 0.15) is 24.8 Å². The largest absolute Gasteiger partial charge is 0.573 e. The van der Waals surface area contributed by atoms with Gasteiger partial charge in [-0.3, -0.25) is 0 Å². The molecule has 8 heteroatoms. The monoisotopic (exact) mass is 374 g/mol. The van der Waals surface area contributed by atoms with Gasteiger partial charge in [0, 0.05) is 10.6 Å². The van der Waals surface area contributed by atoms with E-state index >= 15 is 0 Å². The number of hydrogen-bond acceptors (Lipinski definition) is 3. The zero-order valence-corrected chi connectivity index (χ0v) is 14.7. The number of thiocarbonyl (C=S) groups is 1. The van der Waals surface area contributed by atoms with Crippen molar-refractivity contribution in [1.82, 2.24) is 5.32 Å². The molecule has 0 aliphatic rings. The minimum Gasteiger partial charge on any atom is -0.406 e. The number of hydrogen-bond donors (Lipinski definition) is 2. The molecule has 0 fully saturated rings.